The van der Waals surface area contributed by atoms with Gasteiger partial charge in [0.1, 0.15) is 0 Å². The average Bonchev–Trinajstić information content (AvgIpc) is 2.26. The summed E-state index contributed by atoms with van der Waals surface area (Å²) in [5.74, 6) is 0.627. The smallest absolute Gasteiger partial charge is 0.0604 e. The van der Waals surface area contributed by atoms with Crippen LogP contribution in [0, 0.1) is 0 Å². The largest absolute Gasteiger partial charge is 0.395 e. The number of benzene rings is 1. The highest BCUT2D eigenvalue weighted by atomic mass is 16.3. The molecular weight excluding hydrogens is 174 g/mol. The molecular formula is C12H19NO. The Morgan fingerprint density at radius 1 is 1.29 bits per heavy atom. The van der Waals surface area contributed by atoms with E-state index in [4.69, 9.17) is 5.11 Å². The van der Waals surface area contributed by atoms with E-state index < -0.39 is 0 Å². The van der Waals surface area contributed by atoms with Crippen molar-refractivity contribution in [1.82, 2.24) is 0 Å². The minimum absolute atomic E-state index is 0.174. The lowest BCUT2D eigenvalue weighted by Crippen LogP contribution is -2.05. The standard InChI is InChI=1S/C12H19NO/c1-3-10(2)11-4-6-12(7-5-11)13-8-9-14/h4-7,10,13-14H,3,8-9H2,1-2H3. The van der Waals surface area contributed by atoms with Gasteiger partial charge in [-0.15, -0.1) is 0 Å². The van der Waals surface area contributed by atoms with Gasteiger partial charge in [-0.3, -0.25) is 0 Å². The fourth-order valence-corrected chi connectivity index (χ4v) is 1.37. The summed E-state index contributed by atoms with van der Waals surface area (Å²) in [6.45, 7) is 5.22. The normalized spacial score (nSPS) is 12.5. The van der Waals surface area contributed by atoms with E-state index in [9.17, 15) is 0 Å². The molecule has 0 aliphatic carbocycles. The third kappa shape index (κ3) is 3.04. The first-order valence-electron chi connectivity index (χ1n) is 5.22. The molecule has 0 amide bonds. The van der Waals surface area contributed by atoms with Gasteiger partial charge in [0.2, 0.25) is 0 Å². The fourth-order valence-electron chi connectivity index (χ4n) is 1.37. The molecule has 0 aliphatic heterocycles. The van der Waals surface area contributed by atoms with E-state index in [-0.39, 0.29) is 6.61 Å². The Labute approximate surface area is 86.0 Å². The molecule has 2 heteroatoms. The molecule has 1 aromatic rings. The Morgan fingerprint density at radius 2 is 1.93 bits per heavy atom. The van der Waals surface area contributed by atoms with Crippen LogP contribution in [0.1, 0.15) is 31.7 Å². The third-order valence-electron chi connectivity index (χ3n) is 2.53. The van der Waals surface area contributed by atoms with Crippen molar-refractivity contribution in [1.29, 1.82) is 0 Å². The topological polar surface area (TPSA) is 32.3 Å². The van der Waals surface area contributed by atoms with E-state index in [1.54, 1.807) is 0 Å². The van der Waals surface area contributed by atoms with Gasteiger partial charge in [-0.25, -0.2) is 0 Å². The van der Waals surface area contributed by atoms with Crippen molar-refractivity contribution in [3.8, 4) is 0 Å². The molecule has 1 unspecified atom stereocenters. The van der Waals surface area contributed by atoms with E-state index in [1.807, 2.05) is 0 Å². The maximum Gasteiger partial charge on any atom is 0.0604 e. The highest BCUT2D eigenvalue weighted by molar-refractivity contribution is 5.45. The van der Waals surface area contributed by atoms with Crippen molar-refractivity contribution in [2.75, 3.05) is 18.5 Å². The summed E-state index contributed by atoms with van der Waals surface area (Å²) in [7, 11) is 0. The Balaban J connectivity index is 2.59. The SMILES string of the molecule is CCC(C)c1ccc(NCCO)cc1. The van der Waals surface area contributed by atoms with Gasteiger partial charge in [0.25, 0.3) is 0 Å². The van der Waals surface area contributed by atoms with Crippen LogP contribution in [-0.4, -0.2) is 18.3 Å². The van der Waals surface area contributed by atoms with Crippen LogP contribution in [0.15, 0.2) is 24.3 Å². The zero-order valence-electron chi connectivity index (χ0n) is 8.96. The van der Waals surface area contributed by atoms with Crippen LogP contribution in [0.5, 0.6) is 0 Å². The summed E-state index contributed by atoms with van der Waals surface area (Å²) >= 11 is 0. The molecule has 78 valence electrons. The van der Waals surface area contributed by atoms with Crippen LogP contribution < -0.4 is 5.32 Å². The number of hydrogen-bond donors (Lipinski definition) is 2. The molecule has 2 N–H and O–H groups in total. The molecule has 0 bridgehead atoms. The molecule has 0 spiro atoms. The maximum absolute atomic E-state index is 8.65. The zero-order valence-corrected chi connectivity index (χ0v) is 8.96. The monoisotopic (exact) mass is 193 g/mol. The van der Waals surface area contributed by atoms with Crippen LogP contribution in [0.25, 0.3) is 0 Å². The lowest BCUT2D eigenvalue weighted by molar-refractivity contribution is 0.311. The Kier molecular flexibility index (Phi) is 4.47. The molecule has 0 radical (unpaired) electrons. The van der Waals surface area contributed by atoms with Gasteiger partial charge in [-0.2, -0.15) is 0 Å². The minimum Gasteiger partial charge on any atom is -0.395 e. The summed E-state index contributed by atoms with van der Waals surface area (Å²) in [6, 6.07) is 8.43. The number of anilines is 1. The Bertz CT molecular complexity index is 256. The summed E-state index contributed by atoms with van der Waals surface area (Å²) in [4.78, 5) is 0. The van der Waals surface area contributed by atoms with Gasteiger partial charge in [-0.1, -0.05) is 26.0 Å². The van der Waals surface area contributed by atoms with Crippen molar-refractivity contribution in [2.45, 2.75) is 26.2 Å². The maximum atomic E-state index is 8.65. The second kappa shape index (κ2) is 5.66. The van der Waals surface area contributed by atoms with E-state index in [2.05, 4.69) is 43.4 Å². The fraction of sp³-hybridized carbons (Fsp3) is 0.500. The summed E-state index contributed by atoms with van der Waals surface area (Å²) in [5.41, 5.74) is 2.45. The van der Waals surface area contributed by atoms with E-state index in [0.717, 1.165) is 5.69 Å². The number of aliphatic hydroxyl groups excluding tert-OH is 1. The highest BCUT2D eigenvalue weighted by Crippen LogP contribution is 2.20. The lowest BCUT2D eigenvalue weighted by Gasteiger charge is -2.10. The Morgan fingerprint density at radius 3 is 2.43 bits per heavy atom. The van der Waals surface area contributed by atoms with Crippen molar-refractivity contribution in [3.05, 3.63) is 29.8 Å². The van der Waals surface area contributed by atoms with Crippen LogP contribution in [0.4, 0.5) is 5.69 Å². The molecule has 1 rings (SSSR count). The first-order valence-corrected chi connectivity index (χ1v) is 5.22. The number of aliphatic hydroxyl groups is 1. The quantitative estimate of drug-likeness (QED) is 0.753. The van der Waals surface area contributed by atoms with Crippen LogP contribution in [0.2, 0.25) is 0 Å². The number of rotatable bonds is 5. The zero-order chi connectivity index (χ0) is 10.4. The van der Waals surface area contributed by atoms with Crippen molar-refractivity contribution >= 4 is 5.69 Å². The predicted octanol–water partition coefficient (Wildman–Crippen LogP) is 2.60. The molecule has 0 heterocycles. The molecule has 0 saturated carbocycles. The molecule has 14 heavy (non-hydrogen) atoms. The van der Waals surface area contributed by atoms with Crippen molar-refractivity contribution < 1.29 is 5.11 Å². The molecule has 0 fully saturated rings. The summed E-state index contributed by atoms with van der Waals surface area (Å²) in [6.07, 6.45) is 1.17. The highest BCUT2D eigenvalue weighted by Gasteiger charge is 2.01. The molecule has 1 atom stereocenters. The van der Waals surface area contributed by atoms with Gasteiger partial charge < -0.3 is 10.4 Å². The molecule has 2 nitrogen and oxygen atoms in total. The van der Waals surface area contributed by atoms with E-state index in [0.29, 0.717) is 12.5 Å². The Hall–Kier alpha value is -1.02. The van der Waals surface area contributed by atoms with Gasteiger partial charge in [-0.05, 0) is 30.0 Å². The van der Waals surface area contributed by atoms with Crippen molar-refractivity contribution in [2.24, 2.45) is 0 Å². The second-order valence-corrected chi connectivity index (χ2v) is 3.58. The first-order chi connectivity index (χ1) is 6.77. The van der Waals surface area contributed by atoms with Crippen LogP contribution in [-0.2, 0) is 0 Å². The predicted molar refractivity (Wildman–Crippen MR) is 60.7 cm³/mol. The second-order valence-electron chi connectivity index (χ2n) is 3.58. The molecule has 0 aromatic heterocycles. The van der Waals surface area contributed by atoms with Gasteiger partial charge >= 0.3 is 0 Å². The van der Waals surface area contributed by atoms with Crippen LogP contribution in [0.3, 0.4) is 0 Å². The lowest BCUT2D eigenvalue weighted by atomic mass is 9.99. The minimum atomic E-state index is 0.174. The number of hydrogen-bond acceptors (Lipinski definition) is 2. The third-order valence-corrected chi connectivity index (χ3v) is 2.53. The molecule has 1 aromatic carbocycles. The molecule has 0 aliphatic rings. The van der Waals surface area contributed by atoms with Crippen molar-refractivity contribution in [3.63, 3.8) is 0 Å². The summed E-state index contributed by atoms with van der Waals surface area (Å²) < 4.78 is 0. The molecule has 0 saturated heterocycles. The van der Waals surface area contributed by atoms with Gasteiger partial charge in [0.15, 0.2) is 0 Å². The first kappa shape index (κ1) is 11.1. The van der Waals surface area contributed by atoms with Crippen LogP contribution >= 0.6 is 0 Å². The van der Waals surface area contributed by atoms with Gasteiger partial charge in [0.05, 0.1) is 6.61 Å². The van der Waals surface area contributed by atoms with E-state index in [1.165, 1.54) is 12.0 Å². The van der Waals surface area contributed by atoms with Gasteiger partial charge in [0, 0.05) is 12.2 Å². The van der Waals surface area contributed by atoms with E-state index >= 15 is 0 Å². The summed E-state index contributed by atoms with van der Waals surface area (Å²) in [5, 5.41) is 11.8. The average molecular weight is 193 g/mol. The number of nitrogens with one attached hydrogen (secondary N) is 1.